The van der Waals surface area contributed by atoms with Crippen molar-refractivity contribution in [2.45, 2.75) is 19.9 Å². The molecule has 8 nitrogen and oxygen atoms in total. The first-order valence-corrected chi connectivity index (χ1v) is 10.5. The molecule has 0 saturated heterocycles. The van der Waals surface area contributed by atoms with Crippen LogP contribution in [0.1, 0.15) is 29.4 Å². The molecule has 0 atom stereocenters. The number of ether oxygens (including phenoxy) is 3. The lowest BCUT2D eigenvalue weighted by atomic mass is 10.2. The number of methoxy groups -OCH3 is 2. The van der Waals surface area contributed by atoms with Crippen LogP contribution in [-0.4, -0.2) is 31.0 Å². The molecule has 0 aliphatic heterocycles. The summed E-state index contributed by atoms with van der Waals surface area (Å²) in [5, 5.41) is 5.88. The Bertz CT molecular complexity index is 1140. The van der Waals surface area contributed by atoms with Crippen molar-refractivity contribution >= 4 is 29.1 Å². The number of rotatable bonds is 9. The third-order valence-corrected chi connectivity index (χ3v) is 4.97. The lowest BCUT2D eigenvalue weighted by Gasteiger charge is -2.14. The number of benzene rings is 2. The summed E-state index contributed by atoms with van der Waals surface area (Å²) in [5.41, 5.74) is 1.67. The maximum absolute atomic E-state index is 12.3. The highest BCUT2D eigenvalue weighted by atomic mass is 35.5. The number of urea groups is 1. The van der Waals surface area contributed by atoms with Crippen LogP contribution in [0, 0.1) is 0 Å². The molecular weight excluding hydrogens is 446 g/mol. The van der Waals surface area contributed by atoms with E-state index in [-0.39, 0.29) is 5.78 Å². The Morgan fingerprint density at radius 2 is 1.70 bits per heavy atom. The molecule has 33 heavy (non-hydrogen) atoms. The first-order chi connectivity index (χ1) is 15.9. The predicted molar refractivity (Wildman–Crippen MR) is 126 cm³/mol. The van der Waals surface area contributed by atoms with E-state index in [2.05, 4.69) is 15.6 Å². The average molecular weight is 470 g/mol. The number of hydrogen-bond donors (Lipinski definition) is 2. The van der Waals surface area contributed by atoms with E-state index in [0.29, 0.717) is 52.4 Å². The Kier molecular flexibility index (Phi) is 8.10. The highest BCUT2D eigenvalue weighted by molar-refractivity contribution is 6.32. The number of halogens is 1. The average Bonchev–Trinajstić information content (AvgIpc) is 2.84. The van der Waals surface area contributed by atoms with Crippen LogP contribution in [-0.2, 0) is 6.54 Å². The summed E-state index contributed by atoms with van der Waals surface area (Å²) < 4.78 is 16.2. The Morgan fingerprint density at radius 1 is 0.970 bits per heavy atom. The summed E-state index contributed by atoms with van der Waals surface area (Å²) in [6, 6.07) is 13.3. The SMILES string of the molecule is CCC(=O)c1cc(Oc2ccc(CNC(=O)Nc3cc(OC)c(Cl)cc3OC)cc2)ccn1. The maximum Gasteiger partial charge on any atom is 0.319 e. The van der Waals surface area contributed by atoms with Crippen LogP contribution in [0.15, 0.2) is 54.7 Å². The van der Waals surface area contributed by atoms with Gasteiger partial charge >= 0.3 is 6.03 Å². The van der Waals surface area contributed by atoms with Gasteiger partial charge in [-0.15, -0.1) is 0 Å². The van der Waals surface area contributed by atoms with Gasteiger partial charge in [0.25, 0.3) is 0 Å². The fourth-order valence-corrected chi connectivity index (χ4v) is 3.16. The molecule has 2 aromatic carbocycles. The van der Waals surface area contributed by atoms with Crippen molar-refractivity contribution in [3.8, 4) is 23.0 Å². The molecule has 1 heterocycles. The summed E-state index contributed by atoms with van der Waals surface area (Å²) in [4.78, 5) is 28.2. The number of pyridine rings is 1. The second-order valence-corrected chi connectivity index (χ2v) is 7.30. The fraction of sp³-hybridized carbons (Fsp3) is 0.208. The number of carbonyl (C=O) groups is 2. The van der Waals surface area contributed by atoms with E-state index < -0.39 is 6.03 Å². The minimum absolute atomic E-state index is 0.0465. The monoisotopic (exact) mass is 469 g/mol. The number of ketones is 1. The van der Waals surface area contributed by atoms with E-state index in [1.54, 1.807) is 49.5 Å². The minimum Gasteiger partial charge on any atom is -0.495 e. The van der Waals surface area contributed by atoms with Gasteiger partial charge in [-0.1, -0.05) is 30.7 Å². The zero-order chi connectivity index (χ0) is 23.8. The lowest BCUT2D eigenvalue weighted by Crippen LogP contribution is -2.28. The summed E-state index contributed by atoms with van der Waals surface area (Å²) in [6.07, 6.45) is 1.92. The molecule has 2 amide bonds. The summed E-state index contributed by atoms with van der Waals surface area (Å²) in [7, 11) is 2.97. The number of Topliss-reactive ketones (excluding diaryl/α,β-unsaturated/α-hetero) is 1. The molecule has 0 aliphatic carbocycles. The third kappa shape index (κ3) is 6.36. The molecule has 0 spiro atoms. The number of nitrogens with zero attached hydrogens (tertiary/aromatic N) is 1. The molecule has 1 aromatic heterocycles. The standard InChI is InChI=1S/C24H24ClN3O5/c1-4-21(29)19-11-17(9-10-26-19)33-16-7-5-15(6-8-16)14-27-24(30)28-20-13-22(31-2)18(25)12-23(20)32-3/h5-13H,4,14H2,1-3H3,(H2,27,28,30). The molecule has 0 saturated carbocycles. The lowest BCUT2D eigenvalue weighted by molar-refractivity contribution is 0.0983. The first-order valence-electron chi connectivity index (χ1n) is 10.2. The maximum atomic E-state index is 12.3. The van der Waals surface area contributed by atoms with E-state index in [4.69, 9.17) is 25.8 Å². The quantitative estimate of drug-likeness (QED) is 0.404. The highest BCUT2D eigenvalue weighted by Crippen LogP contribution is 2.35. The Morgan fingerprint density at radius 3 is 2.36 bits per heavy atom. The van der Waals surface area contributed by atoms with Crippen molar-refractivity contribution in [3.63, 3.8) is 0 Å². The van der Waals surface area contributed by atoms with E-state index >= 15 is 0 Å². The van der Waals surface area contributed by atoms with E-state index in [9.17, 15) is 9.59 Å². The first kappa shape index (κ1) is 23.9. The van der Waals surface area contributed by atoms with E-state index in [1.165, 1.54) is 14.2 Å². The van der Waals surface area contributed by atoms with Gasteiger partial charge in [-0.25, -0.2) is 4.79 Å². The van der Waals surface area contributed by atoms with Crippen LogP contribution in [0.25, 0.3) is 0 Å². The van der Waals surface area contributed by atoms with Crippen molar-refractivity contribution in [1.82, 2.24) is 10.3 Å². The Labute approximate surface area is 196 Å². The number of anilines is 1. The predicted octanol–water partition coefficient (Wildman–Crippen LogP) is 5.46. The zero-order valence-corrected chi connectivity index (χ0v) is 19.2. The molecule has 3 rings (SSSR count). The molecule has 0 aliphatic rings. The molecule has 9 heteroatoms. The third-order valence-electron chi connectivity index (χ3n) is 4.67. The zero-order valence-electron chi connectivity index (χ0n) is 18.5. The van der Waals surface area contributed by atoms with Crippen LogP contribution < -0.4 is 24.8 Å². The van der Waals surface area contributed by atoms with Gasteiger partial charge in [0.05, 0.1) is 24.9 Å². The van der Waals surface area contributed by atoms with Crippen LogP contribution >= 0.6 is 11.6 Å². The van der Waals surface area contributed by atoms with Crippen LogP contribution in [0.4, 0.5) is 10.5 Å². The van der Waals surface area contributed by atoms with Crippen molar-refractivity contribution in [2.75, 3.05) is 19.5 Å². The largest absolute Gasteiger partial charge is 0.495 e. The van der Waals surface area contributed by atoms with Gasteiger partial charge in [0.1, 0.15) is 28.7 Å². The van der Waals surface area contributed by atoms with Crippen LogP contribution in [0.3, 0.4) is 0 Å². The molecule has 0 fully saturated rings. The van der Waals surface area contributed by atoms with Gasteiger partial charge in [0, 0.05) is 37.4 Å². The van der Waals surface area contributed by atoms with Gasteiger partial charge in [-0.05, 0) is 23.8 Å². The smallest absolute Gasteiger partial charge is 0.319 e. The highest BCUT2D eigenvalue weighted by Gasteiger charge is 2.12. The van der Waals surface area contributed by atoms with E-state index in [1.807, 2.05) is 12.1 Å². The van der Waals surface area contributed by atoms with Gasteiger partial charge in [-0.2, -0.15) is 0 Å². The van der Waals surface area contributed by atoms with Gasteiger partial charge in [0.15, 0.2) is 5.78 Å². The fourth-order valence-electron chi connectivity index (χ4n) is 2.93. The molecule has 172 valence electrons. The number of carbonyl (C=O) groups excluding carboxylic acids is 2. The second kappa shape index (κ2) is 11.2. The number of hydrogen-bond acceptors (Lipinski definition) is 6. The van der Waals surface area contributed by atoms with Crippen LogP contribution in [0.5, 0.6) is 23.0 Å². The van der Waals surface area contributed by atoms with E-state index in [0.717, 1.165) is 5.56 Å². The van der Waals surface area contributed by atoms with Crippen molar-refractivity contribution < 1.29 is 23.8 Å². The number of amides is 2. The van der Waals surface area contributed by atoms with Gasteiger partial charge < -0.3 is 24.8 Å². The number of nitrogens with one attached hydrogen (secondary N) is 2. The molecule has 0 radical (unpaired) electrons. The van der Waals surface area contributed by atoms with Crippen molar-refractivity contribution in [1.29, 1.82) is 0 Å². The normalized spacial score (nSPS) is 10.3. The summed E-state index contributed by atoms with van der Waals surface area (Å²) in [5.74, 6) is 1.91. The molecular formula is C24H24ClN3O5. The number of aromatic nitrogens is 1. The van der Waals surface area contributed by atoms with Crippen LogP contribution in [0.2, 0.25) is 5.02 Å². The Hall–Kier alpha value is -3.78. The molecule has 0 unspecified atom stereocenters. The molecule has 2 N–H and O–H groups in total. The summed E-state index contributed by atoms with van der Waals surface area (Å²) in [6.45, 7) is 2.08. The van der Waals surface area contributed by atoms with Gasteiger partial charge in [0.2, 0.25) is 0 Å². The topological polar surface area (TPSA) is 98.8 Å². The van der Waals surface area contributed by atoms with Crippen molar-refractivity contribution in [3.05, 3.63) is 71.0 Å². The molecule has 0 bridgehead atoms. The second-order valence-electron chi connectivity index (χ2n) is 6.89. The summed E-state index contributed by atoms with van der Waals surface area (Å²) >= 11 is 6.09. The van der Waals surface area contributed by atoms with Gasteiger partial charge in [-0.3, -0.25) is 9.78 Å². The minimum atomic E-state index is -0.414. The van der Waals surface area contributed by atoms with Crippen molar-refractivity contribution in [2.24, 2.45) is 0 Å². The Balaban J connectivity index is 1.58. The molecule has 3 aromatic rings.